The van der Waals surface area contributed by atoms with Gasteiger partial charge in [-0.1, -0.05) is 0 Å². The van der Waals surface area contributed by atoms with Gasteiger partial charge in [0.2, 0.25) is 5.91 Å². The number of rotatable bonds is 8. The van der Waals surface area contributed by atoms with Crippen molar-refractivity contribution in [2.75, 3.05) is 24.3 Å². The number of carbonyl (C=O) groups is 2. The molecule has 0 aliphatic carbocycles. The largest absolute Gasteiger partial charge is 0.395 e. The highest BCUT2D eigenvalue weighted by Crippen LogP contribution is 2.10. The lowest BCUT2D eigenvalue weighted by Crippen LogP contribution is -2.26. The Labute approximate surface area is 123 Å². The van der Waals surface area contributed by atoms with Crippen molar-refractivity contribution in [3.63, 3.8) is 0 Å². The van der Waals surface area contributed by atoms with Crippen LogP contribution in [0.3, 0.4) is 0 Å². The van der Waals surface area contributed by atoms with Gasteiger partial charge in [-0.05, 0) is 37.1 Å². The third-order valence-corrected chi connectivity index (χ3v) is 2.88. The molecule has 0 saturated heterocycles. The highest BCUT2D eigenvalue weighted by atomic mass is 35.5. The summed E-state index contributed by atoms with van der Waals surface area (Å²) < 4.78 is 0. The first-order valence-corrected chi connectivity index (χ1v) is 7.05. The minimum absolute atomic E-state index is 0.0624. The topological polar surface area (TPSA) is 78.4 Å². The van der Waals surface area contributed by atoms with E-state index in [0.717, 1.165) is 12.8 Å². The zero-order valence-corrected chi connectivity index (χ0v) is 11.9. The van der Waals surface area contributed by atoms with Crippen molar-refractivity contribution in [3.05, 3.63) is 29.8 Å². The number of benzene rings is 1. The summed E-state index contributed by atoms with van der Waals surface area (Å²) in [5.74, 6) is 0.247. The van der Waals surface area contributed by atoms with E-state index in [0.29, 0.717) is 23.6 Å². The van der Waals surface area contributed by atoms with Crippen molar-refractivity contribution in [2.24, 2.45) is 0 Å². The molecule has 3 N–H and O–H groups in total. The quantitative estimate of drug-likeness (QED) is 0.505. The number of carbonyl (C=O) groups excluding carboxylic acids is 2. The Bertz CT molecular complexity index is 435. The highest BCUT2D eigenvalue weighted by molar-refractivity contribution is 6.17. The van der Waals surface area contributed by atoms with Gasteiger partial charge in [0.05, 0.1) is 6.61 Å². The van der Waals surface area contributed by atoms with Gasteiger partial charge in [-0.25, -0.2) is 0 Å². The third kappa shape index (κ3) is 6.04. The molecule has 1 rings (SSSR count). The van der Waals surface area contributed by atoms with E-state index in [1.165, 1.54) is 0 Å². The van der Waals surface area contributed by atoms with Crippen molar-refractivity contribution in [1.82, 2.24) is 5.32 Å². The van der Waals surface area contributed by atoms with Crippen LogP contribution in [0.4, 0.5) is 5.69 Å². The smallest absolute Gasteiger partial charge is 0.251 e. The molecular weight excluding hydrogens is 280 g/mol. The predicted molar refractivity (Wildman–Crippen MR) is 79.1 cm³/mol. The second-order valence-corrected chi connectivity index (χ2v) is 4.63. The summed E-state index contributed by atoms with van der Waals surface area (Å²) in [6.07, 6.45) is 2.02. The molecule has 5 nitrogen and oxygen atoms in total. The first kappa shape index (κ1) is 16.5. The molecule has 110 valence electrons. The summed E-state index contributed by atoms with van der Waals surface area (Å²) >= 11 is 5.54. The van der Waals surface area contributed by atoms with E-state index in [2.05, 4.69) is 10.6 Å². The maximum atomic E-state index is 11.6. The third-order valence-electron chi connectivity index (χ3n) is 2.62. The number of hydrogen-bond donors (Lipinski definition) is 3. The van der Waals surface area contributed by atoms with E-state index >= 15 is 0 Å². The molecule has 0 spiro atoms. The molecule has 0 heterocycles. The van der Waals surface area contributed by atoms with Crippen LogP contribution >= 0.6 is 11.6 Å². The first-order valence-electron chi connectivity index (χ1n) is 6.52. The van der Waals surface area contributed by atoms with Gasteiger partial charge in [0, 0.05) is 30.1 Å². The van der Waals surface area contributed by atoms with Crippen LogP contribution in [0, 0.1) is 0 Å². The second kappa shape index (κ2) is 9.34. The van der Waals surface area contributed by atoms with Gasteiger partial charge >= 0.3 is 0 Å². The van der Waals surface area contributed by atoms with Crippen molar-refractivity contribution in [1.29, 1.82) is 0 Å². The Morgan fingerprint density at radius 3 is 2.45 bits per heavy atom. The average Bonchev–Trinajstić information content (AvgIpc) is 2.46. The minimum Gasteiger partial charge on any atom is -0.395 e. The van der Waals surface area contributed by atoms with E-state index in [-0.39, 0.29) is 25.0 Å². The van der Waals surface area contributed by atoms with Gasteiger partial charge in [0.25, 0.3) is 5.91 Å². The first-order chi connectivity index (χ1) is 9.67. The molecule has 1 aromatic carbocycles. The molecule has 0 fully saturated rings. The number of aliphatic hydroxyl groups excluding tert-OH is 1. The number of alkyl halides is 1. The Balaban J connectivity index is 2.45. The maximum absolute atomic E-state index is 11.6. The second-order valence-electron chi connectivity index (χ2n) is 4.25. The predicted octanol–water partition coefficient (Wildman–Crippen LogP) is 1.76. The highest BCUT2D eigenvalue weighted by Gasteiger charge is 2.06. The van der Waals surface area contributed by atoms with Crippen molar-refractivity contribution in [2.45, 2.75) is 19.3 Å². The maximum Gasteiger partial charge on any atom is 0.251 e. The normalized spacial score (nSPS) is 10.1. The van der Waals surface area contributed by atoms with Crippen LogP contribution in [0.5, 0.6) is 0 Å². The van der Waals surface area contributed by atoms with Crippen LogP contribution in [0.15, 0.2) is 24.3 Å². The lowest BCUT2D eigenvalue weighted by atomic mass is 10.2. The molecular formula is C14H19ClN2O3. The summed E-state index contributed by atoms with van der Waals surface area (Å²) in [5.41, 5.74) is 1.14. The van der Waals surface area contributed by atoms with Crippen LogP contribution < -0.4 is 10.6 Å². The molecule has 0 radical (unpaired) electrons. The molecule has 0 bridgehead atoms. The number of amides is 2. The van der Waals surface area contributed by atoms with Gasteiger partial charge in [-0.3, -0.25) is 9.59 Å². The summed E-state index contributed by atoms with van der Waals surface area (Å²) in [4.78, 5) is 23.2. The fraction of sp³-hybridized carbons (Fsp3) is 0.429. The molecule has 0 saturated carbocycles. The van der Waals surface area contributed by atoms with Gasteiger partial charge in [-0.15, -0.1) is 11.6 Å². The Hall–Kier alpha value is -1.59. The monoisotopic (exact) mass is 298 g/mol. The summed E-state index contributed by atoms with van der Waals surface area (Å²) in [6.45, 7) is 0.125. The molecule has 0 aromatic heterocycles. The molecule has 0 aliphatic rings. The molecule has 0 atom stereocenters. The van der Waals surface area contributed by atoms with Crippen LogP contribution in [0.25, 0.3) is 0 Å². The zero-order chi connectivity index (χ0) is 14.8. The number of hydrogen-bond acceptors (Lipinski definition) is 3. The van der Waals surface area contributed by atoms with Crippen molar-refractivity contribution >= 4 is 29.1 Å². The van der Waals surface area contributed by atoms with Crippen LogP contribution in [-0.2, 0) is 4.79 Å². The Morgan fingerprint density at radius 1 is 1.15 bits per heavy atom. The zero-order valence-electron chi connectivity index (χ0n) is 11.2. The summed E-state index contributed by atoms with van der Waals surface area (Å²) in [5, 5.41) is 13.9. The van der Waals surface area contributed by atoms with Gasteiger partial charge in [-0.2, -0.15) is 0 Å². The van der Waals surface area contributed by atoms with Gasteiger partial charge in [0.1, 0.15) is 0 Å². The van der Waals surface area contributed by atoms with Gasteiger partial charge in [0.15, 0.2) is 0 Å². The van der Waals surface area contributed by atoms with E-state index < -0.39 is 0 Å². The number of nitrogens with one attached hydrogen (secondary N) is 2. The molecule has 6 heteroatoms. The van der Waals surface area contributed by atoms with E-state index in [9.17, 15) is 9.59 Å². The van der Waals surface area contributed by atoms with Crippen LogP contribution in [0.1, 0.15) is 29.6 Å². The molecule has 20 heavy (non-hydrogen) atoms. The standard InChI is InChI=1S/C14H19ClN2O3/c15-8-2-1-3-13(19)17-12-6-4-11(5-7-12)14(20)16-9-10-18/h4-7,18H,1-3,8-10H2,(H,16,20)(H,17,19). The molecule has 0 unspecified atom stereocenters. The number of unbranched alkanes of at least 4 members (excludes halogenated alkanes) is 1. The Kier molecular flexibility index (Phi) is 7.69. The number of aliphatic hydroxyl groups is 1. The molecule has 2 amide bonds. The SMILES string of the molecule is O=C(CCCCCl)Nc1ccc(C(=O)NCCO)cc1. The number of anilines is 1. The fourth-order valence-corrected chi connectivity index (χ4v) is 1.77. The van der Waals surface area contributed by atoms with E-state index in [1.54, 1.807) is 24.3 Å². The minimum atomic E-state index is -0.251. The van der Waals surface area contributed by atoms with E-state index in [4.69, 9.17) is 16.7 Å². The molecule has 0 aliphatic heterocycles. The van der Waals surface area contributed by atoms with Gasteiger partial charge < -0.3 is 15.7 Å². The number of halogens is 1. The summed E-state index contributed by atoms with van der Waals surface area (Å²) in [6, 6.07) is 6.60. The Morgan fingerprint density at radius 2 is 1.85 bits per heavy atom. The van der Waals surface area contributed by atoms with Crippen molar-refractivity contribution in [3.8, 4) is 0 Å². The van der Waals surface area contributed by atoms with E-state index in [1.807, 2.05) is 0 Å². The van der Waals surface area contributed by atoms with Crippen LogP contribution in [-0.4, -0.2) is 36.0 Å². The van der Waals surface area contributed by atoms with Crippen LogP contribution in [0.2, 0.25) is 0 Å². The average molecular weight is 299 g/mol. The lowest BCUT2D eigenvalue weighted by Gasteiger charge is -2.07. The summed E-state index contributed by atoms with van der Waals surface area (Å²) in [7, 11) is 0. The molecule has 1 aromatic rings. The van der Waals surface area contributed by atoms with Crippen molar-refractivity contribution < 1.29 is 14.7 Å². The lowest BCUT2D eigenvalue weighted by molar-refractivity contribution is -0.116. The fourth-order valence-electron chi connectivity index (χ4n) is 1.58.